The Labute approximate surface area is 119 Å². The van der Waals surface area contributed by atoms with Crippen molar-refractivity contribution in [1.82, 2.24) is 8.75 Å². The van der Waals surface area contributed by atoms with E-state index in [4.69, 9.17) is 5.73 Å². The molecule has 0 amide bonds. The second-order valence-electron chi connectivity index (χ2n) is 4.12. The van der Waals surface area contributed by atoms with Gasteiger partial charge in [-0.15, -0.1) is 0 Å². The molecule has 2 aromatic carbocycles. The molecule has 0 spiro atoms. The third-order valence-electron chi connectivity index (χ3n) is 2.70. The van der Waals surface area contributed by atoms with E-state index in [1.807, 2.05) is 0 Å². The van der Waals surface area contributed by atoms with Gasteiger partial charge in [-0.25, -0.2) is 8.42 Å². The van der Waals surface area contributed by atoms with Crippen molar-refractivity contribution in [2.45, 2.75) is 4.90 Å². The summed E-state index contributed by atoms with van der Waals surface area (Å²) < 4.78 is 35.3. The Morgan fingerprint density at radius 3 is 2.55 bits per heavy atom. The molecular formula is C12H10N4O2S2. The Morgan fingerprint density at radius 2 is 1.80 bits per heavy atom. The lowest BCUT2D eigenvalue weighted by Gasteiger charge is -2.08. The quantitative estimate of drug-likeness (QED) is 0.722. The minimum absolute atomic E-state index is 0.112. The molecule has 0 radical (unpaired) electrons. The molecule has 0 aliphatic carbocycles. The topological polar surface area (TPSA) is 98.0 Å². The Hall–Kier alpha value is -2.19. The molecule has 20 heavy (non-hydrogen) atoms. The molecule has 3 rings (SSSR count). The van der Waals surface area contributed by atoms with Crippen LogP contribution in [0.4, 0.5) is 11.4 Å². The van der Waals surface area contributed by atoms with E-state index in [1.165, 1.54) is 6.07 Å². The highest BCUT2D eigenvalue weighted by atomic mass is 32.2. The number of fused-ring (bicyclic) bond motifs is 1. The summed E-state index contributed by atoms with van der Waals surface area (Å²) in [6, 6.07) is 11.3. The Kier molecular flexibility index (Phi) is 3.03. The first-order valence-corrected chi connectivity index (χ1v) is 7.87. The number of aromatic nitrogens is 2. The van der Waals surface area contributed by atoms with Gasteiger partial charge < -0.3 is 5.73 Å². The minimum Gasteiger partial charge on any atom is -0.399 e. The highest BCUT2D eigenvalue weighted by Crippen LogP contribution is 2.23. The van der Waals surface area contributed by atoms with Crippen LogP contribution in [0.5, 0.6) is 0 Å². The lowest BCUT2D eigenvalue weighted by molar-refractivity contribution is 0.602. The SMILES string of the molecule is Nc1ccc(NS(=O)(=O)c2cccc3nsnc23)cc1. The minimum atomic E-state index is -3.71. The van der Waals surface area contributed by atoms with Crippen LogP contribution in [0.1, 0.15) is 0 Å². The highest BCUT2D eigenvalue weighted by molar-refractivity contribution is 7.93. The number of nitrogens with one attached hydrogen (secondary N) is 1. The van der Waals surface area contributed by atoms with E-state index >= 15 is 0 Å². The fourth-order valence-electron chi connectivity index (χ4n) is 1.76. The molecule has 102 valence electrons. The van der Waals surface area contributed by atoms with E-state index in [1.54, 1.807) is 36.4 Å². The van der Waals surface area contributed by atoms with Crippen molar-refractivity contribution in [3.05, 3.63) is 42.5 Å². The summed E-state index contributed by atoms with van der Waals surface area (Å²) in [6.45, 7) is 0. The molecule has 0 aliphatic rings. The predicted molar refractivity (Wildman–Crippen MR) is 79.1 cm³/mol. The van der Waals surface area contributed by atoms with Crippen molar-refractivity contribution < 1.29 is 8.42 Å². The van der Waals surface area contributed by atoms with Crippen molar-refractivity contribution in [2.24, 2.45) is 0 Å². The molecule has 3 N–H and O–H groups in total. The second kappa shape index (κ2) is 4.73. The van der Waals surface area contributed by atoms with E-state index in [0.29, 0.717) is 22.4 Å². The van der Waals surface area contributed by atoms with Crippen LogP contribution in [-0.2, 0) is 10.0 Å². The van der Waals surface area contributed by atoms with Gasteiger partial charge in [-0.1, -0.05) is 6.07 Å². The Balaban J connectivity index is 2.03. The molecule has 0 atom stereocenters. The largest absolute Gasteiger partial charge is 0.399 e. The molecule has 1 aromatic heterocycles. The summed E-state index contributed by atoms with van der Waals surface area (Å²) in [6.07, 6.45) is 0. The predicted octanol–water partition coefficient (Wildman–Crippen LogP) is 2.07. The average molecular weight is 306 g/mol. The van der Waals surface area contributed by atoms with Gasteiger partial charge in [0.2, 0.25) is 0 Å². The molecule has 6 nitrogen and oxygen atoms in total. The Bertz CT molecular complexity index is 857. The first-order valence-electron chi connectivity index (χ1n) is 5.66. The number of hydrogen-bond acceptors (Lipinski definition) is 6. The molecule has 3 aromatic rings. The zero-order valence-corrected chi connectivity index (χ0v) is 11.8. The summed E-state index contributed by atoms with van der Waals surface area (Å²) >= 11 is 0.983. The van der Waals surface area contributed by atoms with Crippen LogP contribution < -0.4 is 10.5 Å². The fraction of sp³-hybridized carbons (Fsp3) is 0. The number of nitrogen functional groups attached to an aromatic ring is 1. The van der Waals surface area contributed by atoms with E-state index < -0.39 is 10.0 Å². The number of nitrogens with two attached hydrogens (primary N) is 1. The van der Waals surface area contributed by atoms with Crippen molar-refractivity contribution in [2.75, 3.05) is 10.5 Å². The molecule has 8 heteroatoms. The third kappa shape index (κ3) is 2.30. The van der Waals surface area contributed by atoms with Gasteiger partial charge >= 0.3 is 0 Å². The summed E-state index contributed by atoms with van der Waals surface area (Å²) in [7, 11) is -3.71. The highest BCUT2D eigenvalue weighted by Gasteiger charge is 2.19. The average Bonchev–Trinajstić information content (AvgIpc) is 2.89. The number of rotatable bonds is 3. The maximum atomic E-state index is 12.4. The Morgan fingerprint density at radius 1 is 1.05 bits per heavy atom. The van der Waals surface area contributed by atoms with Crippen LogP contribution in [0.25, 0.3) is 11.0 Å². The van der Waals surface area contributed by atoms with Crippen LogP contribution in [0.3, 0.4) is 0 Å². The van der Waals surface area contributed by atoms with Crippen molar-refractivity contribution in [3.8, 4) is 0 Å². The lowest BCUT2D eigenvalue weighted by Crippen LogP contribution is -2.13. The maximum absolute atomic E-state index is 12.4. The number of hydrogen-bond donors (Lipinski definition) is 2. The molecule has 0 saturated carbocycles. The van der Waals surface area contributed by atoms with Gasteiger partial charge in [0.15, 0.2) is 0 Å². The van der Waals surface area contributed by atoms with Gasteiger partial charge in [-0.2, -0.15) is 8.75 Å². The third-order valence-corrected chi connectivity index (χ3v) is 4.66. The zero-order valence-electron chi connectivity index (χ0n) is 10.1. The second-order valence-corrected chi connectivity index (χ2v) is 6.29. The van der Waals surface area contributed by atoms with Gasteiger partial charge in [-0.3, -0.25) is 4.72 Å². The van der Waals surface area contributed by atoms with Gasteiger partial charge in [0.1, 0.15) is 15.9 Å². The van der Waals surface area contributed by atoms with Crippen LogP contribution >= 0.6 is 11.7 Å². The molecule has 0 bridgehead atoms. The van der Waals surface area contributed by atoms with Crippen LogP contribution in [0.2, 0.25) is 0 Å². The standard InChI is InChI=1S/C12H10N4O2S2/c13-8-4-6-9(7-5-8)16-20(17,18)11-3-1-2-10-12(11)15-19-14-10/h1-7,16H,13H2. The number of sulfonamides is 1. The molecule has 0 aliphatic heterocycles. The molecule has 0 saturated heterocycles. The van der Waals surface area contributed by atoms with Crippen LogP contribution in [0, 0.1) is 0 Å². The first kappa shape index (κ1) is 12.8. The van der Waals surface area contributed by atoms with Crippen LogP contribution in [-0.4, -0.2) is 17.2 Å². The van der Waals surface area contributed by atoms with Crippen molar-refractivity contribution in [1.29, 1.82) is 0 Å². The normalized spacial score (nSPS) is 11.6. The number of anilines is 2. The van der Waals surface area contributed by atoms with Crippen molar-refractivity contribution >= 4 is 44.2 Å². The monoisotopic (exact) mass is 306 g/mol. The van der Waals surface area contributed by atoms with Gasteiger partial charge in [0.25, 0.3) is 10.0 Å². The van der Waals surface area contributed by atoms with E-state index in [9.17, 15) is 8.42 Å². The maximum Gasteiger partial charge on any atom is 0.264 e. The molecule has 1 heterocycles. The van der Waals surface area contributed by atoms with Gasteiger partial charge in [-0.05, 0) is 36.4 Å². The van der Waals surface area contributed by atoms with Crippen molar-refractivity contribution in [3.63, 3.8) is 0 Å². The lowest BCUT2D eigenvalue weighted by atomic mass is 10.3. The van der Waals surface area contributed by atoms with Gasteiger partial charge in [0.05, 0.1) is 11.7 Å². The molecule has 0 unspecified atom stereocenters. The summed E-state index contributed by atoms with van der Waals surface area (Å²) in [4.78, 5) is 0.112. The van der Waals surface area contributed by atoms with Gasteiger partial charge in [0, 0.05) is 11.4 Å². The number of nitrogens with zero attached hydrogens (tertiary/aromatic N) is 2. The summed E-state index contributed by atoms with van der Waals surface area (Å²) in [5.41, 5.74) is 7.52. The fourth-order valence-corrected chi connectivity index (χ4v) is 3.59. The zero-order chi connectivity index (χ0) is 14.2. The summed E-state index contributed by atoms with van der Waals surface area (Å²) in [5, 5.41) is 0. The molecule has 0 fully saturated rings. The smallest absolute Gasteiger partial charge is 0.264 e. The van der Waals surface area contributed by atoms with E-state index in [2.05, 4.69) is 13.5 Å². The van der Waals surface area contributed by atoms with Crippen LogP contribution in [0.15, 0.2) is 47.4 Å². The number of benzene rings is 2. The first-order chi connectivity index (χ1) is 9.56. The van der Waals surface area contributed by atoms with E-state index in [-0.39, 0.29) is 4.90 Å². The van der Waals surface area contributed by atoms with E-state index in [0.717, 1.165) is 11.7 Å². The molecular weight excluding hydrogens is 296 g/mol. The summed E-state index contributed by atoms with van der Waals surface area (Å²) in [5.74, 6) is 0.